The molecular weight excluding hydrogens is 162 g/mol. The Morgan fingerprint density at radius 1 is 1.31 bits per heavy atom. The SMILES string of the molecule is CC(=O)N1CCC2(CC1)CC(C)C2. The fraction of sp³-hybridized carbons (Fsp3) is 0.909. The summed E-state index contributed by atoms with van der Waals surface area (Å²) in [6.45, 7) is 6.02. The number of carbonyl (C=O) groups excluding carboxylic acids is 1. The van der Waals surface area contributed by atoms with Gasteiger partial charge in [0.2, 0.25) is 5.91 Å². The maximum absolute atomic E-state index is 11.1. The first-order chi connectivity index (χ1) is 6.11. The van der Waals surface area contributed by atoms with Crippen molar-refractivity contribution < 1.29 is 4.79 Å². The molecule has 2 heteroatoms. The Morgan fingerprint density at radius 2 is 1.85 bits per heavy atom. The molecule has 2 rings (SSSR count). The average Bonchev–Trinajstić information content (AvgIpc) is 2.03. The van der Waals surface area contributed by atoms with Gasteiger partial charge in [0.05, 0.1) is 0 Å². The summed E-state index contributed by atoms with van der Waals surface area (Å²) in [6.07, 6.45) is 5.30. The van der Waals surface area contributed by atoms with Crippen LogP contribution in [0.25, 0.3) is 0 Å². The second-order valence-corrected chi connectivity index (χ2v) is 5.02. The Bertz CT molecular complexity index is 208. The van der Waals surface area contributed by atoms with Gasteiger partial charge in [-0.2, -0.15) is 0 Å². The van der Waals surface area contributed by atoms with Gasteiger partial charge in [-0.3, -0.25) is 4.79 Å². The van der Waals surface area contributed by atoms with Gasteiger partial charge < -0.3 is 4.90 Å². The van der Waals surface area contributed by atoms with Crippen molar-refractivity contribution in [3.8, 4) is 0 Å². The molecule has 0 aromatic rings. The van der Waals surface area contributed by atoms with Crippen LogP contribution in [-0.2, 0) is 4.79 Å². The highest BCUT2D eigenvalue weighted by atomic mass is 16.2. The number of hydrogen-bond donors (Lipinski definition) is 0. The van der Waals surface area contributed by atoms with E-state index in [0.29, 0.717) is 5.41 Å². The molecule has 1 heterocycles. The lowest BCUT2D eigenvalue weighted by Crippen LogP contribution is -2.47. The Labute approximate surface area is 80.3 Å². The number of rotatable bonds is 0. The summed E-state index contributed by atoms with van der Waals surface area (Å²) in [6, 6.07) is 0. The lowest BCUT2D eigenvalue weighted by atomic mass is 9.58. The van der Waals surface area contributed by atoms with E-state index in [0.717, 1.165) is 19.0 Å². The molecule has 2 nitrogen and oxygen atoms in total. The number of amides is 1. The monoisotopic (exact) mass is 181 g/mol. The van der Waals surface area contributed by atoms with Crippen LogP contribution in [0.3, 0.4) is 0 Å². The van der Waals surface area contributed by atoms with Crippen LogP contribution in [-0.4, -0.2) is 23.9 Å². The second-order valence-electron chi connectivity index (χ2n) is 5.02. The lowest BCUT2D eigenvalue weighted by molar-refractivity contribution is -0.132. The largest absolute Gasteiger partial charge is 0.343 e. The van der Waals surface area contributed by atoms with E-state index >= 15 is 0 Å². The molecule has 1 aliphatic carbocycles. The van der Waals surface area contributed by atoms with E-state index < -0.39 is 0 Å². The summed E-state index contributed by atoms with van der Waals surface area (Å²) in [4.78, 5) is 13.1. The quantitative estimate of drug-likeness (QED) is 0.560. The van der Waals surface area contributed by atoms with E-state index in [2.05, 4.69) is 6.92 Å². The topological polar surface area (TPSA) is 20.3 Å². The minimum absolute atomic E-state index is 0.252. The molecular formula is C11H19NO. The van der Waals surface area contributed by atoms with Gasteiger partial charge in [-0.05, 0) is 37.0 Å². The van der Waals surface area contributed by atoms with Crippen LogP contribution in [0, 0.1) is 11.3 Å². The number of likely N-dealkylation sites (tertiary alicyclic amines) is 1. The first-order valence-corrected chi connectivity index (χ1v) is 5.37. The molecule has 74 valence electrons. The molecule has 1 spiro atoms. The van der Waals surface area contributed by atoms with Gasteiger partial charge >= 0.3 is 0 Å². The van der Waals surface area contributed by atoms with Crippen molar-refractivity contribution >= 4 is 5.91 Å². The van der Waals surface area contributed by atoms with Gasteiger partial charge in [-0.15, -0.1) is 0 Å². The fourth-order valence-electron chi connectivity index (χ4n) is 3.12. The average molecular weight is 181 g/mol. The molecule has 1 amide bonds. The molecule has 1 saturated heterocycles. The highest BCUT2D eigenvalue weighted by Crippen LogP contribution is 2.52. The van der Waals surface area contributed by atoms with Gasteiger partial charge in [0, 0.05) is 20.0 Å². The van der Waals surface area contributed by atoms with Crippen LogP contribution in [0.15, 0.2) is 0 Å². The van der Waals surface area contributed by atoms with Crippen molar-refractivity contribution in [2.45, 2.75) is 39.5 Å². The zero-order valence-electron chi connectivity index (χ0n) is 8.68. The molecule has 0 aromatic heterocycles. The summed E-state index contributed by atoms with van der Waals surface area (Å²) in [7, 11) is 0. The van der Waals surface area contributed by atoms with Gasteiger partial charge in [0.25, 0.3) is 0 Å². The second kappa shape index (κ2) is 3.00. The molecule has 0 N–H and O–H groups in total. The lowest BCUT2D eigenvalue weighted by Gasteiger charge is -2.51. The highest BCUT2D eigenvalue weighted by Gasteiger charge is 2.43. The Kier molecular flexibility index (Phi) is 2.09. The molecule has 1 aliphatic heterocycles. The molecule has 0 atom stereocenters. The van der Waals surface area contributed by atoms with E-state index in [1.54, 1.807) is 6.92 Å². The molecule has 0 aromatic carbocycles. The van der Waals surface area contributed by atoms with Crippen LogP contribution in [0.4, 0.5) is 0 Å². The smallest absolute Gasteiger partial charge is 0.219 e. The van der Waals surface area contributed by atoms with Gasteiger partial charge in [-0.1, -0.05) is 6.92 Å². The maximum atomic E-state index is 11.1. The normalized spacial score (nSPS) is 27.4. The van der Waals surface area contributed by atoms with Crippen molar-refractivity contribution in [3.05, 3.63) is 0 Å². The fourth-order valence-corrected chi connectivity index (χ4v) is 3.12. The van der Waals surface area contributed by atoms with E-state index in [1.165, 1.54) is 25.7 Å². The van der Waals surface area contributed by atoms with Crippen LogP contribution in [0.1, 0.15) is 39.5 Å². The molecule has 13 heavy (non-hydrogen) atoms. The van der Waals surface area contributed by atoms with E-state index in [9.17, 15) is 4.79 Å². The zero-order valence-corrected chi connectivity index (χ0v) is 8.68. The van der Waals surface area contributed by atoms with Crippen LogP contribution in [0.2, 0.25) is 0 Å². The summed E-state index contributed by atoms with van der Waals surface area (Å²) in [5, 5.41) is 0. The third-order valence-electron chi connectivity index (χ3n) is 3.83. The van der Waals surface area contributed by atoms with E-state index in [4.69, 9.17) is 0 Å². The number of hydrogen-bond acceptors (Lipinski definition) is 1. The van der Waals surface area contributed by atoms with Gasteiger partial charge in [0.15, 0.2) is 0 Å². The molecule has 0 bridgehead atoms. The Hall–Kier alpha value is -0.530. The van der Waals surface area contributed by atoms with Crippen LogP contribution < -0.4 is 0 Å². The zero-order chi connectivity index (χ0) is 9.47. The number of piperidine rings is 1. The van der Waals surface area contributed by atoms with Crippen LogP contribution >= 0.6 is 0 Å². The van der Waals surface area contributed by atoms with Crippen molar-refractivity contribution in [3.63, 3.8) is 0 Å². The molecule has 2 fully saturated rings. The number of carbonyl (C=O) groups is 1. The predicted molar refractivity (Wildman–Crippen MR) is 52.3 cm³/mol. The van der Waals surface area contributed by atoms with E-state index in [1.807, 2.05) is 4.90 Å². The first kappa shape index (κ1) is 9.04. The summed E-state index contributed by atoms with van der Waals surface area (Å²) in [5.41, 5.74) is 0.644. The van der Waals surface area contributed by atoms with Gasteiger partial charge in [-0.25, -0.2) is 0 Å². The molecule has 2 aliphatic rings. The predicted octanol–water partition coefficient (Wildman–Crippen LogP) is 2.04. The minimum Gasteiger partial charge on any atom is -0.343 e. The molecule has 0 unspecified atom stereocenters. The Balaban J connectivity index is 1.86. The van der Waals surface area contributed by atoms with Crippen molar-refractivity contribution in [1.29, 1.82) is 0 Å². The maximum Gasteiger partial charge on any atom is 0.219 e. The third-order valence-corrected chi connectivity index (χ3v) is 3.83. The summed E-state index contributed by atoms with van der Waals surface area (Å²) >= 11 is 0. The molecule has 1 saturated carbocycles. The van der Waals surface area contributed by atoms with Crippen LogP contribution in [0.5, 0.6) is 0 Å². The highest BCUT2D eigenvalue weighted by molar-refractivity contribution is 5.73. The standard InChI is InChI=1S/C11H19NO/c1-9-7-11(8-9)3-5-12(6-4-11)10(2)13/h9H,3-8H2,1-2H3. The Morgan fingerprint density at radius 3 is 2.23 bits per heavy atom. The van der Waals surface area contributed by atoms with Crippen molar-refractivity contribution in [2.24, 2.45) is 11.3 Å². The van der Waals surface area contributed by atoms with Gasteiger partial charge in [0.1, 0.15) is 0 Å². The van der Waals surface area contributed by atoms with Crippen molar-refractivity contribution in [1.82, 2.24) is 4.90 Å². The number of nitrogens with zero attached hydrogens (tertiary/aromatic N) is 1. The van der Waals surface area contributed by atoms with E-state index in [-0.39, 0.29) is 5.91 Å². The van der Waals surface area contributed by atoms with Crippen molar-refractivity contribution in [2.75, 3.05) is 13.1 Å². The minimum atomic E-state index is 0.252. The molecule has 0 radical (unpaired) electrons. The summed E-state index contributed by atoms with van der Waals surface area (Å²) in [5.74, 6) is 1.19. The third kappa shape index (κ3) is 1.59. The summed E-state index contributed by atoms with van der Waals surface area (Å²) < 4.78 is 0. The first-order valence-electron chi connectivity index (χ1n) is 5.37.